The van der Waals surface area contributed by atoms with Crippen molar-refractivity contribution >= 4 is 23.9 Å². The SMILES string of the molecule is CC(C)OC(=O)[C@H](CCC(=O)C=[N+]=[N-])NC(=O)[C@@H](O)c1ccccc1. The summed E-state index contributed by atoms with van der Waals surface area (Å²) in [6, 6.07) is 7.13. The third kappa shape index (κ3) is 7.07. The minimum atomic E-state index is -1.45. The number of nitrogens with one attached hydrogen (secondary N) is 1. The van der Waals surface area contributed by atoms with Gasteiger partial charge < -0.3 is 20.7 Å². The molecular weight excluding hydrogens is 326 g/mol. The van der Waals surface area contributed by atoms with Gasteiger partial charge in [0, 0.05) is 6.42 Å². The van der Waals surface area contributed by atoms with Gasteiger partial charge in [-0.15, -0.1) is 0 Å². The van der Waals surface area contributed by atoms with E-state index in [2.05, 4.69) is 10.1 Å². The van der Waals surface area contributed by atoms with Gasteiger partial charge in [-0.3, -0.25) is 9.59 Å². The van der Waals surface area contributed by atoms with Crippen LogP contribution in [0.4, 0.5) is 0 Å². The predicted octanol–water partition coefficient (Wildman–Crippen LogP) is 0.806. The Bertz CT molecular complexity index is 654. The second kappa shape index (κ2) is 10.1. The number of rotatable bonds is 9. The van der Waals surface area contributed by atoms with Crippen LogP contribution in [0.25, 0.3) is 5.53 Å². The molecule has 0 aliphatic carbocycles. The van der Waals surface area contributed by atoms with E-state index in [1.807, 2.05) is 0 Å². The molecule has 0 saturated heterocycles. The van der Waals surface area contributed by atoms with E-state index in [1.165, 1.54) is 0 Å². The van der Waals surface area contributed by atoms with E-state index in [0.29, 0.717) is 11.8 Å². The minimum absolute atomic E-state index is 0.0519. The van der Waals surface area contributed by atoms with Gasteiger partial charge in [0.1, 0.15) is 6.04 Å². The van der Waals surface area contributed by atoms with Crippen LogP contribution in [-0.2, 0) is 19.1 Å². The molecule has 0 spiro atoms. The Balaban J connectivity index is 2.80. The zero-order valence-electron chi connectivity index (χ0n) is 14.1. The Morgan fingerprint density at radius 2 is 1.92 bits per heavy atom. The average Bonchev–Trinajstić information content (AvgIpc) is 2.58. The van der Waals surface area contributed by atoms with E-state index in [1.54, 1.807) is 44.2 Å². The van der Waals surface area contributed by atoms with Crippen molar-refractivity contribution in [3.63, 3.8) is 0 Å². The number of Topliss-reactive ketones (excluding diaryl/α,β-unsaturated/α-hetero) is 1. The van der Waals surface area contributed by atoms with Crippen LogP contribution in [0.15, 0.2) is 30.3 Å². The molecule has 1 aromatic rings. The Hall–Kier alpha value is -2.83. The van der Waals surface area contributed by atoms with E-state index in [-0.39, 0.29) is 12.8 Å². The zero-order valence-corrected chi connectivity index (χ0v) is 14.1. The first kappa shape index (κ1) is 20.2. The molecule has 8 heteroatoms. The Morgan fingerprint density at radius 1 is 1.28 bits per heavy atom. The molecule has 0 bridgehead atoms. The van der Waals surface area contributed by atoms with Crippen LogP contribution in [-0.4, -0.2) is 45.9 Å². The number of amides is 1. The molecule has 8 nitrogen and oxygen atoms in total. The molecule has 2 atom stereocenters. The molecule has 2 N–H and O–H groups in total. The monoisotopic (exact) mass is 347 g/mol. The Morgan fingerprint density at radius 3 is 2.48 bits per heavy atom. The number of nitrogens with zero attached hydrogens (tertiary/aromatic N) is 2. The lowest BCUT2D eigenvalue weighted by molar-refractivity contribution is -0.152. The summed E-state index contributed by atoms with van der Waals surface area (Å²) >= 11 is 0. The molecule has 25 heavy (non-hydrogen) atoms. The van der Waals surface area contributed by atoms with Gasteiger partial charge in [0.2, 0.25) is 5.78 Å². The van der Waals surface area contributed by atoms with Crippen LogP contribution in [0.1, 0.15) is 38.4 Å². The van der Waals surface area contributed by atoms with Gasteiger partial charge in [-0.25, -0.2) is 4.79 Å². The van der Waals surface area contributed by atoms with Crippen LogP contribution >= 0.6 is 0 Å². The molecule has 0 aliphatic rings. The number of esters is 1. The van der Waals surface area contributed by atoms with E-state index in [4.69, 9.17) is 10.3 Å². The molecular formula is C17H21N3O5. The topological polar surface area (TPSA) is 129 Å². The fourth-order valence-corrected chi connectivity index (χ4v) is 2.02. The number of carbonyl (C=O) groups excluding carboxylic acids is 3. The van der Waals surface area contributed by atoms with Gasteiger partial charge in [0.05, 0.1) is 6.10 Å². The number of carbonyl (C=O) groups is 3. The van der Waals surface area contributed by atoms with Gasteiger partial charge in [0.15, 0.2) is 6.10 Å². The number of benzene rings is 1. The van der Waals surface area contributed by atoms with E-state index >= 15 is 0 Å². The number of hydrogen-bond acceptors (Lipinski definition) is 5. The highest BCUT2D eigenvalue weighted by Crippen LogP contribution is 2.13. The summed E-state index contributed by atoms with van der Waals surface area (Å²) in [5.41, 5.74) is 8.70. The highest BCUT2D eigenvalue weighted by atomic mass is 16.5. The standard InChI is InChI=1S/C17H21N3O5/c1-11(2)25-17(24)14(9-8-13(21)10-19-18)20-16(23)15(22)12-6-4-3-5-7-12/h3-7,10-11,14-15,22H,8-9H2,1-2H3,(H,20,23)/t14-,15-/m0/s1. The third-order valence-corrected chi connectivity index (χ3v) is 3.20. The van der Waals surface area contributed by atoms with Gasteiger partial charge in [-0.2, -0.15) is 4.79 Å². The highest BCUT2D eigenvalue weighted by molar-refractivity contribution is 6.25. The van der Waals surface area contributed by atoms with Gasteiger partial charge >= 0.3 is 12.2 Å². The fraction of sp³-hybridized carbons (Fsp3) is 0.412. The average molecular weight is 347 g/mol. The first-order valence-corrected chi connectivity index (χ1v) is 7.79. The van der Waals surface area contributed by atoms with Crippen molar-refractivity contribution in [1.29, 1.82) is 0 Å². The van der Waals surface area contributed by atoms with Crippen molar-refractivity contribution in [3.05, 3.63) is 41.4 Å². The predicted molar refractivity (Wildman–Crippen MR) is 88.5 cm³/mol. The molecule has 134 valence electrons. The minimum Gasteiger partial charge on any atom is -0.461 e. The van der Waals surface area contributed by atoms with Gasteiger partial charge in [0.25, 0.3) is 5.91 Å². The van der Waals surface area contributed by atoms with E-state index in [9.17, 15) is 19.5 Å². The molecule has 1 amide bonds. The number of ether oxygens (including phenoxy) is 1. The number of aliphatic hydroxyl groups excluding tert-OH is 1. The second-order valence-corrected chi connectivity index (χ2v) is 5.61. The number of ketones is 1. The molecule has 0 fully saturated rings. The maximum Gasteiger partial charge on any atom is 0.328 e. The van der Waals surface area contributed by atoms with Crippen LogP contribution in [0.2, 0.25) is 0 Å². The molecule has 0 radical (unpaired) electrons. The van der Waals surface area contributed by atoms with Crippen molar-refractivity contribution < 1.29 is 29.0 Å². The third-order valence-electron chi connectivity index (χ3n) is 3.20. The highest BCUT2D eigenvalue weighted by Gasteiger charge is 2.27. The zero-order chi connectivity index (χ0) is 18.8. The van der Waals surface area contributed by atoms with E-state index in [0.717, 1.165) is 0 Å². The summed E-state index contributed by atoms with van der Waals surface area (Å²) in [5, 5.41) is 12.5. The molecule has 0 heterocycles. The van der Waals surface area contributed by atoms with Crippen molar-refractivity contribution in [1.82, 2.24) is 5.32 Å². The molecule has 0 aliphatic heterocycles. The fourth-order valence-electron chi connectivity index (χ4n) is 2.02. The first-order chi connectivity index (χ1) is 11.8. The van der Waals surface area contributed by atoms with Gasteiger partial charge in [-0.05, 0) is 25.8 Å². The van der Waals surface area contributed by atoms with Crippen molar-refractivity contribution in [3.8, 4) is 0 Å². The summed E-state index contributed by atoms with van der Waals surface area (Å²) in [6.45, 7) is 3.30. The summed E-state index contributed by atoms with van der Waals surface area (Å²) in [7, 11) is 0. The van der Waals surface area contributed by atoms with Crippen LogP contribution in [0, 0.1) is 0 Å². The van der Waals surface area contributed by atoms with Crippen molar-refractivity contribution in [2.24, 2.45) is 0 Å². The Labute approximate surface area is 145 Å². The molecule has 0 aromatic heterocycles. The summed E-state index contributed by atoms with van der Waals surface area (Å²) in [6.07, 6.45) is -1.33. The molecule has 1 rings (SSSR count). The largest absolute Gasteiger partial charge is 0.461 e. The summed E-state index contributed by atoms with van der Waals surface area (Å²) in [5.74, 6) is -2.00. The summed E-state index contributed by atoms with van der Waals surface area (Å²) in [4.78, 5) is 38.3. The van der Waals surface area contributed by atoms with Crippen LogP contribution in [0.5, 0.6) is 0 Å². The first-order valence-electron chi connectivity index (χ1n) is 7.79. The maximum absolute atomic E-state index is 12.2. The van der Waals surface area contributed by atoms with Crippen LogP contribution in [0.3, 0.4) is 0 Å². The maximum atomic E-state index is 12.2. The summed E-state index contributed by atoms with van der Waals surface area (Å²) < 4.78 is 5.06. The molecule has 0 saturated carbocycles. The molecule has 1 aromatic carbocycles. The van der Waals surface area contributed by atoms with Crippen molar-refractivity contribution in [2.45, 2.75) is 44.9 Å². The second-order valence-electron chi connectivity index (χ2n) is 5.61. The van der Waals surface area contributed by atoms with Gasteiger partial charge in [-0.1, -0.05) is 30.3 Å². The van der Waals surface area contributed by atoms with Crippen molar-refractivity contribution in [2.75, 3.05) is 0 Å². The lowest BCUT2D eigenvalue weighted by Gasteiger charge is -2.20. The normalized spacial score (nSPS) is 12.6. The quantitative estimate of drug-likeness (QED) is 0.295. The lowest BCUT2D eigenvalue weighted by atomic mass is 10.1. The van der Waals surface area contributed by atoms with E-state index < -0.39 is 35.9 Å². The smallest absolute Gasteiger partial charge is 0.328 e. The van der Waals surface area contributed by atoms with Crippen LogP contribution < -0.4 is 5.32 Å². The number of hydrogen-bond donors (Lipinski definition) is 2. The lowest BCUT2D eigenvalue weighted by Crippen LogP contribution is -2.44. The Kier molecular flexibility index (Phi) is 8.18. The number of aliphatic hydroxyl groups is 1. The molecule has 0 unspecified atom stereocenters.